The normalized spacial score (nSPS) is 15.6. The molecule has 0 spiro atoms. The first-order chi connectivity index (χ1) is 34.3. The van der Waals surface area contributed by atoms with Crippen molar-refractivity contribution in [2.75, 3.05) is 91.6 Å². The van der Waals surface area contributed by atoms with Crippen LogP contribution in [-0.2, 0) is 49.6 Å². The van der Waals surface area contributed by atoms with E-state index in [2.05, 4.69) is 26.6 Å². The summed E-state index contributed by atoms with van der Waals surface area (Å²) in [5.41, 5.74) is 0.791. The minimum absolute atomic E-state index is 0.0375. The Kier molecular flexibility index (Phi) is 26.5. The van der Waals surface area contributed by atoms with Gasteiger partial charge in [0.05, 0.1) is 26.2 Å². The van der Waals surface area contributed by atoms with Gasteiger partial charge in [0, 0.05) is 84.7 Å². The summed E-state index contributed by atoms with van der Waals surface area (Å²) in [6.07, 6.45) is 1.27. The maximum absolute atomic E-state index is 13.5. The van der Waals surface area contributed by atoms with E-state index in [-0.39, 0.29) is 116 Å². The van der Waals surface area contributed by atoms with E-state index in [0.29, 0.717) is 38.9 Å². The standard InChI is InChI=1S/C47H69N9O16/c57-38(11-2-1-6-16-48-39(58)28-53-18-20-54(29-41(61)62)22-24-56(31-43(65)66)25-23-55(21-19-53)30-42(63)64)50-37(27-32-12-13-33-8-3-4-9-34(33)26-32)44(67)49-17-7-5-10-35(45(68)69)51-47(72)52-36(46(70)71)14-15-40(59)60/h3-4,8-9,12-13,26,35-37H,1-2,5-7,10-11,14-25,27-31H2,(H,48,58)(H,49,67)(H,50,57)(H,59,60)(H,61,62)(H,63,64)(H,65,66)(H,68,69)(H,70,71)(H2,51,52,72)/t35-,36-,37?/m0/s1. The predicted octanol–water partition coefficient (Wildman–Crippen LogP) is -0.624. The van der Waals surface area contributed by atoms with Crippen LogP contribution in [0.2, 0.25) is 0 Å². The Hall–Kier alpha value is -6.96. The molecule has 72 heavy (non-hydrogen) atoms. The highest BCUT2D eigenvalue weighted by atomic mass is 16.4. The molecule has 0 bridgehead atoms. The zero-order valence-electron chi connectivity index (χ0n) is 40.3. The summed E-state index contributed by atoms with van der Waals surface area (Å²) in [6, 6.07) is 8.34. The lowest BCUT2D eigenvalue weighted by atomic mass is 10.0. The summed E-state index contributed by atoms with van der Waals surface area (Å²) in [4.78, 5) is 128. The highest BCUT2D eigenvalue weighted by Crippen LogP contribution is 2.17. The van der Waals surface area contributed by atoms with Crippen molar-refractivity contribution in [2.24, 2.45) is 0 Å². The molecule has 1 saturated heterocycles. The van der Waals surface area contributed by atoms with Gasteiger partial charge in [-0.1, -0.05) is 48.9 Å². The molecule has 0 saturated carbocycles. The van der Waals surface area contributed by atoms with Gasteiger partial charge in [-0.25, -0.2) is 14.4 Å². The second-order valence-electron chi connectivity index (χ2n) is 17.6. The quantitative estimate of drug-likeness (QED) is 0.0434. The van der Waals surface area contributed by atoms with E-state index in [0.717, 1.165) is 16.3 Å². The molecule has 398 valence electrons. The first-order valence-electron chi connectivity index (χ1n) is 23.9. The minimum atomic E-state index is -1.55. The number of fused-ring (bicyclic) bond motifs is 1. The third kappa shape index (κ3) is 24.7. The second-order valence-corrected chi connectivity index (χ2v) is 17.6. The number of benzene rings is 2. The average Bonchev–Trinajstić information content (AvgIpc) is 3.30. The lowest BCUT2D eigenvalue weighted by Gasteiger charge is -2.32. The summed E-state index contributed by atoms with van der Waals surface area (Å²) in [5.74, 6) is -8.46. The van der Waals surface area contributed by atoms with Gasteiger partial charge in [-0.2, -0.15) is 0 Å². The summed E-state index contributed by atoms with van der Waals surface area (Å²) >= 11 is 0. The van der Waals surface area contributed by atoms with Gasteiger partial charge in [0.1, 0.15) is 18.1 Å². The first kappa shape index (κ1) is 59.3. The number of nitrogens with one attached hydrogen (secondary N) is 5. The molecule has 0 aliphatic carbocycles. The molecular formula is C47H69N9O16. The number of carboxylic acids is 6. The molecule has 11 N–H and O–H groups in total. The zero-order valence-corrected chi connectivity index (χ0v) is 40.3. The number of hydrogen-bond acceptors (Lipinski definition) is 14. The van der Waals surface area contributed by atoms with Gasteiger partial charge in [0.25, 0.3) is 0 Å². The van der Waals surface area contributed by atoms with Gasteiger partial charge in [0.2, 0.25) is 17.7 Å². The molecule has 0 aromatic heterocycles. The third-order valence-electron chi connectivity index (χ3n) is 11.8. The van der Waals surface area contributed by atoms with E-state index in [1.807, 2.05) is 47.4 Å². The van der Waals surface area contributed by atoms with Gasteiger partial charge in [-0.05, 0) is 54.9 Å². The van der Waals surface area contributed by atoms with E-state index in [9.17, 15) is 73.5 Å². The number of carboxylic acid groups (broad SMARTS) is 6. The van der Waals surface area contributed by atoms with Crippen LogP contribution in [0.25, 0.3) is 10.8 Å². The maximum Gasteiger partial charge on any atom is 0.326 e. The number of carbonyl (C=O) groups is 10. The number of amides is 5. The van der Waals surface area contributed by atoms with Crippen molar-refractivity contribution in [3.63, 3.8) is 0 Å². The van der Waals surface area contributed by atoms with Gasteiger partial charge < -0.3 is 57.2 Å². The van der Waals surface area contributed by atoms with Crippen molar-refractivity contribution in [3.8, 4) is 0 Å². The molecule has 1 unspecified atom stereocenters. The fraction of sp³-hybridized carbons (Fsp3) is 0.574. The van der Waals surface area contributed by atoms with Crippen molar-refractivity contribution in [3.05, 3.63) is 48.0 Å². The van der Waals surface area contributed by atoms with Crippen LogP contribution >= 0.6 is 0 Å². The van der Waals surface area contributed by atoms with Crippen LogP contribution in [-0.4, -0.2) is 220 Å². The third-order valence-corrected chi connectivity index (χ3v) is 11.8. The molecule has 1 aliphatic heterocycles. The Morgan fingerprint density at radius 1 is 0.458 bits per heavy atom. The molecule has 3 rings (SSSR count). The molecule has 0 radical (unpaired) electrons. The van der Waals surface area contributed by atoms with Crippen molar-refractivity contribution in [1.29, 1.82) is 0 Å². The molecular weight excluding hydrogens is 947 g/mol. The molecule has 1 fully saturated rings. The van der Waals surface area contributed by atoms with Crippen molar-refractivity contribution < 1.29 is 78.6 Å². The highest BCUT2D eigenvalue weighted by Gasteiger charge is 2.26. The van der Waals surface area contributed by atoms with Crippen LogP contribution in [0.5, 0.6) is 0 Å². The lowest BCUT2D eigenvalue weighted by Crippen LogP contribution is -2.51. The minimum Gasteiger partial charge on any atom is -0.481 e. The summed E-state index contributed by atoms with van der Waals surface area (Å²) in [6.45, 7) is 1.63. The Morgan fingerprint density at radius 3 is 1.46 bits per heavy atom. The van der Waals surface area contributed by atoms with E-state index < -0.39 is 78.7 Å². The van der Waals surface area contributed by atoms with Crippen LogP contribution in [0.1, 0.15) is 63.4 Å². The van der Waals surface area contributed by atoms with Crippen LogP contribution < -0.4 is 26.6 Å². The number of urea groups is 1. The van der Waals surface area contributed by atoms with Gasteiger partial charge in [-0.15, -0.1) is 0 Å². The number of nitrogens with zero attached hydrogens (tertiary/aromatic N) is 4. The van der Waals surface area contributed by atoms with Crippen molar-refractivity contribution >= 4 is 70.3 Å². The topological polar surface area (TPSA) is 365 Å². The van der Waals surface area contributed by atoms with Gasteiger partial charge >= 0.3 is 41.8 Å². The monoisotopic (exact) mass is 1020 g/mol. The molecule has 5 amide bonds. The molecule has 2 aromatic carbocycles. The summed E-state index contributed by atoms with van der Waals surface area (Å²) in [7, 11) is 0. The number of aliphatic carboxylic acids is 6. The van der Waals surface area contributed by atoms with Crippen molar-refractivity contribution in [1.82, 2.24) is 46.2 Å². The van der Waals surface area contributed by atoms with Crippen LogP contribution in [0.15, 0.2) is 42.5 Å². The molecule has 25 heteroatoms. The van der Waals surface area contributed by atoms with Gasteiger partial charge in [0.15, 0.2) is 0 Å². The van der Waals surface area contributed by atoms with E-state index in [4.69, 9.17) is 5.11 Å². The lowest BCUT2D eigenvalue weighted by molar-refractivity contribution is -0.141. The molecule has 1 heterocycles. The van der Waals surface area contributed by atoms with Crippen molar-refractivity contribution in [2.45, 2.75) is 82.3 Å². The Bertz CT molecular complexity index is 2130. The van der Waals surface area contributed by atoms with E-state index >= 15 is 0 Å². The van der Waals surface area contributed by atoms with Crippen LogP contribution in [0, 0.1) is 0 Å². The number of carbonyl (C=O) groups excluding carboxylic acids is 4. The smallest absolute Gasteiger partial charge is 0.326 e. The molecule has 1 aliphatic rings. The Labute approximate surface area is 416 Å². The summed E-state index contributed by atoms with van der Waals surface area (Å²) < 4.78 is 0. The fourth-order valence-corrected chi connectivity index (χ4v) is 7.89. The molecule has 2 aromatic rings. The van der Waals surface area contributed by atoms with Crippen LogP contribution in [0.3, 0.4) is 0 Å². The zero-order chi connectivity index (χ0) is 53.0. The predicted molar refractivity (Wildman–Crippen MR) is 258 cm³/mol. The number of hydrogen-bond donors (Lipinski definition) is 11. The average molecular weight is 1020 g/mol. The molecule has 3 atom stereocenters. The SMILES string of the molecule is O=C(O)CC[C@H](NC(=O)N[C@@H](CCCCNC(=O)C(Cc1ccc2ccccc2c1)NC(=O)CCCCCNC(=O)CN1CCN(CC(=O)O)CCN(CC(=O)O)CCN(CC(=O)O)CC1)C(=O)O)C(=O)O. The van der Waals surface area contributed by atoms with Crippen LogP contribution in [0.4, 0.5) is 4.79 Å². The number of rotatable bonds is 30. The maximum atomic E-state index is 13.5. The fourth-order valence-electron chi connectivity index (χ4n) is 7.89. The Balaban J connectivity index is 1.51. The van der Waals surface area contributed by atoms with Gasteiger partial charge in [-0.3, -0.25) is 53.2 Å². The summed E-state index contributed by atoms with van der Waals surface area (Å²) in [5, 5.41) is 70.8. The highest BCUT2D eigenvalue weighted by molar-refractivity contribution is 5.89. The van der Waals surface area contributed by atoms with E-state index in [1.165, 1.54) is 0 Å². The largest absolute Gasteiger partial charge is 0.481 e. The first-order valence-corrected chi connectivity index (χ1v) is 23.9. The number of unbranched alkanes of at least 4 members (excludes halogenated alkanes) is 3. The molecule has 25 nitrogen and oxygen atoms in total. The Morgan fingerprint density at radius 2 is 0.944 bits per heavy atom. The second kappa shape index (κ2) is 32.1. The van der Waals surface area contributed by atoms with E-state index in [1.54, 1.807) is 14.7 Å².